The Bertz CT molecular complexity index is 144. The maximum Gasteiger partial charge on any atom is 0.142 e. The lowest BCUT2D eigenvalue weighted by Crippen LogP contribution is -1.64. The van der Waals surface area contributed by atoms with E-state index in [4.69, 9.17) is 0 Å². The van der Waals surface area contributed by atoms with Gasteiger partial charge in [-0.25, -0.2) is 0 Å². The highest BCUT2D eigenvalue weighted by Crippen LogP contribution is 2.22. The molecule has 0 aliphatic carbocycles. The summed E-state index contributed by atoms with van der Waals surface area (Å²) in [6.45, 7) is 0. The van der Waals surface area contributed by atoms with Gasteiger partial charge in [-0.15, -0.1) is 23.5 Å². The van der Waals surface area contributed by atoms with Crippen LogP contribution in [0.1, 0.15) is 0 Å². The molecule has 0 unspecified atom stereocenters. The van der Waals surface area contributed by atoms with Crippen molar-refractivity contribution >= 4 is 29.8 Å². The number of carbonyl (C=O) groups is 1. The van der Waals surface area contributed by atoms with Gasteiger partial charge in [-0.2, -0.15) is 0 Å². The number of carbonyl (C=O) groups excluding carboxylic acids is 1. The fraction of sp³-hybridized carbons (Fsp3) is 0.286. The van der Waals surface area contributed by atoms with Crippen molar-refractivity contribution < 1.29 is 4.79 Å². The Hall–Kier alpha value is -0.150. The van der Waals surface area contributed by atoms with Crippen molar-refractivity contribution in [3.8, 4) is 0 Å². The average molecular weight is 174 g/mol. The highest BCUT2D eigenvalue weighted by molar-refractivity contribution is 8.21. The van der Waals surface area contributed by atoms with Crippen molar-refractivity contribution in [2.45, 2.75) is 0 Å². The SMILES string of the molecule is CSC(=CC=CC=O)SC. The molecule has 0 amide bonds. The minimum absolute atomic E-state index is 0.773. The summed E-state index contributed by atoms with van der Waals surface area (Å²) in [7, 11) is 0. The first-order chi connectivity index (χ1) is 4.85. The molecule has 0 spiro atoms. The van der Waals surface area contributed by atoms with Crippen LogP contribution in [0.2, 0.25) is 0 Å². The van der Waals surface area contributed by atoms with Crippen LogP contribution in [0.25, 0.3) is 0 Å². The molecule has 0 N–H and O–H groups in total. The molecule has 0 bridgehead atoms. The monoisotopic (exact) mass is 174 g/mol. The standard InChI is InChI=1S/C7H10OS2/c1-9-7(10-2)5-3-4-6-8/h3-6H,1-2H3. The Morgan fingerprint density at radius 1 is 1.20 bits per heavy atom. The summed E-state index contributed by atoms with van der Waals surface area (Å²) >= 11 is 3.35. The Labute approximate surface area is 70.0 Å². The maximum absolute atomic E-state index is 9.83. The first-order valence-corrected chi connectivity index (χ1v) is 5.20. The van der Waals surface area contributed by atoms with Gasteiger partial charge in [-0.05, 0) is 24.7 Å². The predicted molar refractivity (Wildman–Crippen MR) is 50.3 cm³/mol. The number of aldehydes is 1. The van der Waals surface area contributed by atoms with E-state index < -0.39 is 0 Å². The van der Waals surface area contributed by atoms with E-state index in [1.165, 1.54) is 10.3 Å². The molecule has 1 nitrogen and oxygen atoms in total. The summed E-state index contributed by atoms with van der Waals surface area (Å²) in [6.07, 6.45) is 9.94. The van der Waals surface area contributed by atoms with Crippen LogP contribution in [0.4, 0.5) is 0 Å². The topological polar surface area (TPSA) is 17.1 Å². The van der Waals surface area contributed by atoms with Crippen molar-refractivity contribution in [2.75, 3.05) is 12.5 Å². The fourth-order valence-corrected chi connectivity index (χ4v) is 1.49. The molecule has 0 atom stereocenters. The van der Waals surface area contributed by atoms with Crippen LogP contribution in [0.15, 0.2) is 22.5 Å². The zero-order valence-electron chi connectivity index (χ0n) is 6.03. The predicted octanol–water partition coefficient (Wildman–Crippen LogP) is 2.31. The van der Waals surface area contributed by atoms with E-state index in [0.717, 1.165) is 6.29 Å². The number of allylic oxidation sites excluding steroid dienone is 3. The van der Waals surface area contributed by atoms with Crippen LogP contribution in [0, 0.1) is 0 Å². The van der Waals surface area contributed by atoms with Gasteiger partial charge in [0.05, 0.1) is 0 Å². The molecule has 10 heavy (non-hydrogen) atoms. The zero-order chi connectivity index (χ0) is 7.82. The minimum atomic E-state index is 0.773. The van der Waals surface area contributed by atoms with Gasteiger partial charge in [-0.1, -0.05) is 6.08 Å². The highest BCUT2D eigenvalue weighted by atomic mass is 32.2. The minimum Gasteiger partial charge on any atom is -0.299 e. The van der Waals surface area contributed by atoms with E-state index in [1.54, 1.807) is 29.6 Å². The van der Waals surface area contributed by atoms with E-state index in [0.29, 0.717) is 0 Å². The first kappa shape index (κ1) is 9.85. The summed E-state index contributed by atoms with van der Waals surface area (Å²) in [5, 5.41) is 0. The smallest absolute Gasteiger partial charge is 0.142 e. The molecule has 0 saturated carbocycles. The molecule has 0 heterocycles. The van der Waals surface area contributed by atoms with E-state index >= 15 is 0 Å². The normalized spacial score (nSPS) is 9.80. The van der Waals surface area contributed by atoms with Crippen molar-refractivity contribution in [1.82, 2.24) is 0 Å². The fourth-order valence-electron chi connectivity index (χ4n) is 0.399. The molecule has 0 radical (unpaired) electrons. The van der Waals surface area contributed by atoms with Crippen LogP contribution < -0.4 is 0 Å². The van der Waals surface area contributed by atoms with Gasteiger partial charge < -0.3 is 0 Å². The second kappa shape index (κ2) is 6.96. The van der Waals surface area contributed by atoms with Crippen molar-refractivity contribution in [2.24, 2.45) is 0 Å². The van der Waals surface area contributed by atoms with Gasteiger partial charge in [0.25, 0.3) is 0 Å². The van der Waals surface area contributed by atoms with E-state index in [-0.39, 0.29) is 0 Å². The third-order valence-electron chi connectivity index (χ3n) is 0.824. The molecule has 56 valence electrons. The molecule has 0 rings (SSSR count). The van der Waals surface area contributed by atoms with Crippen LogP contribution in [0.5, 0.6) is 0 Å². The zero-order valence-corrected chi connectivity index (χ0v) is 7.67. The molecule has 0 aliphatic heterocycles. The summed E-state index contributed by atoms with van der Waals surface area (Å²) in [6, 6.07) is 0. The second-order valence-electron chi connectivity index (χ2n) is 1.41. The first-order valence-electron chi connectivity index (χ1n) is 2.75. The largest absolute Gasteiger partial charge is 0.299 e. The number of rotatable bonds is 4. The molecule has 0 aromatic heterocycles. The van der Waals surface area contributed by atoms with Crippen LogP contribution in [-0.4, -0.2) is 18.8 Å². The van der Waals surface area contributed by atoms with Gasteiger partial charge >= 0.3 is 0 Å². The molecule has 0 aromatic carbocycles. The lowest BCUT2D eigenvalue weighted by molar-refractivity contribution is -0.104. The van der Waals surface area contributed by atoms with E-state index in [2.05, 4.69) is 0 Å². The molecule has 3 heteroatoms. The Morgan fingerprint density at radius 3 is 2.20 bits per heavy atom. The summed E-state index contributed by atoms with van der Waals surface area (Å²) in [5.74, 6) is 0. The molecular weight excluding hydrogens is 164 g/mol. The van der Waals surface area contributed by atoms with E-state index in [1.807, 2.05) is 18.6 Å². The number of thioether (sulfide) groups is 2. The molecule has 0 fully saturated rings. The third kappa shape index (κ3) is 4.70. The Morgan fingerprint density at radius 2 is 1.80 bits per heavy atom. The highest BCUT2D eigenvalue weighted by Gasteiger charge is 1.85. The molecule has 0 aliphatic rings. The summed E-state index contributed by atoms with van der Waals surface area (Å²) < 4.78 is 1.21. The van der Waals surface area contributed by atoms with Crippen LogP contribution >= 0.6 is 23.5 Å². The maximum atomic E-state index is 9.83. The van der Waals surface area contributed by atoms with Gasteiger partial charge in [0.2, 0.25) is 0 Å². The van der Waals surface area contributed by atoms with Crippen LogP contribution in [-0.2, 0) is 4.79 Å². The quantitative estimate of drug-likeness (QED) is 0.370. The molecule has 0 aromatic rings. The number of hydrogen-bond donors (Lipinski definition) is 0. The lowest BCUT2D eigenvalue weighted by Gasteiger charge is -1.93. The Kier molecular flexibility index (Phi) is 6.86. The van der Waals surface area contributed by atoms with Crippen LogP contribution in [0.3, 0.4) is 0 Å². The lowest BCUT2D eigenvalue weighted by atomic mass is 10.5. The van der Waals surface area contributed by atoms with Crippen molar-refractivity contribution in [1.29, 1.82) is 0 Å². The van der Waals surface area contributed by atoms with Gasteiger partial charge in [0, 0.05) is 4.24 Å². The average Bonchev–Trinajstić information content (AvgIpc) is 1.99. The Balaban J connectivity index is 3.85. The third-order valence-corrected chi connectivity index (χ3v) is 2.90. The van der Waals surface area contributed by atoms with Crippen molar-refractivity contribution in [3.05, 3.63) is 22.5 Å². The second-order valence-corrected chi connectivity index (χ2v) is 3.37. The van der Waals surface area contributed by atoms with Crippen molar-refractivity contribution in [3.63, 3.8) is 0 Å². The van der Waals surface area contributed by atoms with Gasteiger partial charge in [0.15, 0.2) is 0 Å². The van der Waals surface area contributed by atoms with E-state index in [9.17, 15) is 4.79 Å². The summed E-state index contributed by atoms with van der Waals surface area (Å²) in [5.41, 5.74) is 0. The molecular formula is C7H10OS2. The molecule has 0 saturated heterocycles. The number of hydrogen-bond acceptors (Lipinski definition) is 3. The van der Waals surface area contributed by atoms with Gasteiger partial charge in [0.1, 0.15) is 6.29 Å². The summed E-state index contributed by atoms with van der Waals surface area (Å²) in [4.78, 5) is 9.83. The van der Waals surface area contributed by atoms with Gasteiger partial charge in [-0.3, -0.25) is 4.79 Å².